The van der Waals surface area contributed by atoms with Crippen molar-refractivity contribution in [1.29, 1.82) is 0 Å². The number of benzene rings is 1. The molecule has 0 radical (unpaired) electrons. The molecule has 0 bridgehead atoms. The first kappa shape index (κ1) is 23.3. The zero-order chi connectivity index (χ0) is 20.1. The molecule has 4 rings (SSSR count). The van der Waals surface area contributed by atoms with Crippen molar-refractivity contribution in [2.24, 2.45) is 4.99 Å². The van der Waals surface area contributed by atoms with E-state index in [2.05, 4.69) is 50.3 Å². The molecule has 0 amide bonds. The Balaban J connectivity index is 0.00000256. The first-order chi connectivity index (χ1) is 14.2. The van der Waals surface area contributed by atoms with Crippen LogP contribution in [-0.4, -0.2) is 66.4 Å². The molecule has 30 heavy (non-hydrogen) atoms. The van der Waals surface area contributed by atoms with E-state index in [1.165, 1.54) is 18.4 Å². The fraction of sp³-hybridized carbons (Fsp3) is 0.636. The summed E-state index contributed by atoms with van der Waals surface area (Å²) in [5.41, 5.74) is 3.32. The minimum Gasteiger partial charge on any atom is -0.376 e. The third-order valence-corrected chi connectivity index (χ3v) is 5.85. The van der Waals surface area contributed by atoms with Gasteiger partial charge in [0.1, 0.15) is 5.82 Å². The highest BCUT2D eigenvalue weighted by atomic mass is 127. The van der Waals surface area contributed by atoms with Crippen molar-refractivity contribution >= 4 is 41.0 Å². The van der Waals surface area contributed by atoms with Gasteiger partial charge in [0.15, 0.2) is 5.96 Å². The van der Waals surface area contributed by atoms with Crippen LogP contribution in [0.3, 0.4) is 0 Å². The number of guanidine groups is 1. The van der Waals surface area contributed by atoms with Gasteiger partial charge in [0, 0.05) is 26.7 Å². The SMILES string of the molecule is CN=C(NCc1nc2ccc(C)cc2[nH]1)N1CCC(OCC2CCCCO2)CC1.I. The van der Waals surface area contributed by atoms with Crippen molar-refractivity contribution in [2.75, 3.05) is 33.4 Å². The molecule has 0 aliphatic carbocycles. The highest BCUT2D eigenvalue weighted by Crippen LogP contribution is 2.18. The lowest BCUT2D eigenvalue weighted by molar-refractivity contribution is -0.0721. The topological polar surface area (TPSA) is 74.8 Å². The summed E-state index contributed by atoms with van der Waals surface area (Å²) in [7, 11) is 1.84. The van der Waals surface area contributed by atoms with Crippen molar-refractivity contribution in [2.45, 2.75) is 57.8 Å². The van der Waals surface area contributed by atoms with Crippen LogP contribution in [0.5, 0.6) is 0 Å². The van der Waals surface area contributed by atoms with Gasteiger partial charge in [-0.3, -0.25) is 4.99 Å². The van der Waals surface area contributed by atoms with E-state index in [1.807, 2.05) is 7.05 Å². The Bertz CT molecular complexity index is 826. The smallest absolute Gasteiger partial charge is 0.194 e. The van der Waals surface area contributed by atoms with Crippen molar-refractivity contribution < 1.29 is 9.47 Å². The third-order valence-electron chi connectivity index (χ3n) is 5.85. The lowest BCUT2D eigenvalue weighted by Gasteiger charge is -2.35. The summed E-state index contributed by atoms with van der Waals surface area (Å²) in [6.07, 6.45) is 6.26. The van der Waals surface area contributed by atoms with Gasteiger partial charge in [-0.2, -0.15) is 0 Å². The summed E-state index contributed by atoms with van der Waals surface area (Å²) in [5.74, 6) is 1.85. The van der Waals surface area contributed by atoms with Crippen molar-refractivity contribution in [3.63, 3.8) is 0 Å². The van der Waals surface area contributed by atoms with E-state index < -0.39 is 0 Å². The molecule has 166 valence electrons. The highest BCUT2D eigenvalue weighted by Gasteiger charge is 2.23. The van der Waals surface area contributed by atoms with Gasteiger partial charge in [-0.1, -0.05) is 6.07 Å². The molecule has 2 saturated heterocycles. The Morgan fingerprint density at radius 1 is 1.30 bits per heavy atom. The Labute approximate surface area is 196 Å². The van der Waals surface area contributed by atoms with Crippen LogP contribution in [0.4, 0.5) is 0 Å². The van der Waals surface area contributed by atoms with Crippen LogP contribution in [-0.2, 0) is 16.0 Å². The fourth-order valence-electron chi connectivity index (χ4n) is 4.17. The van der Waals surface area contributed by atoms with Crippen molar-refractivity contribution in [3.05, 3.63) is 29.6 Å². The molecule has 8 heteroatoms. The molecule has 2 aliphatic heterocycles. The van der Waals surface area contributed by atoms with Crippen LogP contribution in [0.2, 0.25) is 0 Å². The molecule has 2 aliphatic rings. The first-order valence-electron chi connectivity index (χ1n) is 10.9. The second-order valence-corrected chi connectivity index (χ2v) is 8.11. The number of hydrogen-bond donors (Lipinski definition) is 2. The van der Waals surface area contributed by atoms with Gasteiger partial charge < -0.3 is 24.7 Å². The number of rotatable bonds is 5. The predicted molar refractivity (Wildman–Crippen MR) is 131 cm³/mol. The number of aromatic nitrogens is 2. The maximum atomic E-state index is 6.13. The number of piperidine rings is 1. The van der Waals surface area contributed by atoms with Gasteiger partial charge in [0.05, 0.1) is 36.4 Å². The van der Waals surface area contributed by atoms with Crippen LogP contribution in [0, 0.1) is 6.92 Å². The zero-order valence-electron chi connectivity index (χ0n) is 18.0. The number of fused-ring (bicyclic) bond motifs is 1. The monoisotopic (exact) mass is 527 g/mol. The molecule has 1 atom stereocenters. The van der Waals surface area contributed by atoms with E-state index in [9.17, 15) is 0 Å². The highest BCUT2D eigenvalue weighted by molar-refractivity contribution is 14.0. The summed E-state index contributed by atoms with van der Waals surface area (Å²) >= 11 is 0. The van der Waals surface area contributed by atoms with Crippen molar-refractivity contribution in [1.82, 2.24) is 20.2 Å². The Kier molecular flexibility index (Phi) is 8.76. The summed E-state index contributed by atoms with van der Waals surface area (Å²) in [6.45, 7) is 6.26. The van der Waals surface area contributed by atoms with E-state index in [1.54, 1.807) is 0 Å². The fourth-order valence-corrected chi connectivity index (χ4v) is 4.17. The summed E-state index contributed by atoms with van der Waals surface area (Å²) in [6, 6.07) is 6.28. The number of aryl methyl sites for hydroxylation is 1. The average Bonchev–Trinajstić information content (AvgIpc) is 3.16. The summed E-state index contributed by atoms with van der Waals surface area (Å²) in [4.78, 5) is 14.8. The van der Waals surface area contributed by atoms with E-state index in [0.29, 0.717) is 18.8 Å². The molecule has 2 fully saturated rings. The maximum absolute atomic E-state index is 6.13. The average molecular weight is 527 g/mol. The second kappa shape index (κ2) is 11.3. The Hall–Kier alpha value is -1.39. The maximum Gasteiger partial charge on any atom is 0.194 e. The molecule has 3 heterocycles. The molecular weight excluding hydrogens is 493 g/mol. The molecule has 7 nitrogen and oxygen atoms in total. The molecule has 1 aromatic heterocycles. The largest absolute Gasteiger partial charge is 0.376 e. The molecule has 0 saturated carbocycles. The van der Waals surface area contributed by atoms with E-state index in [4.69, 9.17) is 9.47 Å². The number of imidazole rings is 1. The number of hydrogen-bond acceptors (Lipinski definition) is 4. The van der Waals surface area contributed by atoms with E-state index in [0.717, 1.165) is 68.4 Å². The number of nitrogens with zero attached hydrogens (tertiary/aromatic N) is 3. The number of aromatic amines is 1. The van der Waals surface area contributed by atoms with Gasteiger partial charge in [-0.15, -0.1) is 24.0 Å². The lowest BCUT2D eigenvalue weighted by Crippen LogP contribution is -2.47. The number of halogens is 1. The number of ether oxygens (including phenoxy) is 2. The van der Waals surface area contributed by atoms with Crippen LogP contribution in [0.25, 0.3) is 11.0 Å². The second-order valence-electron chi connectivity index (χ2n) is 8.11. The minimum absolute atomic E-state index is 0. The number of aliphatic imine (C=N–C) groups is 1. The van der Waals surface area contributed by atoms with Gasteiger partial charge >= 0.3 is 0 Å². The molecule has 2 N–H and O–H groups in total. The van der Waals surface area contributed by atoms with Crippen LogP contribution in [0.15, 0.2) is 23.2 Å². The normalized spacial score (nSPS) is 20.9. The van der Waals surface area contributed by atoms with E-state index >= 15 is 0 Å². The van der Waals surface area contributed by atoms with Crippen molar-refractivity contribution in [3.8, 4) is 0 Å². The number of likely N-dealkylation sites (tertiary alicyclic amines) is 1. The van der Waals surface area contributed by atoms with Gasteiger partial charge in [0.25, 0.3) is 0 Å². The first-order valence-corrected chi connectivity index (χ1v) is 10.9. The lowest BCUT2D eigenvalue weighted by atomic mass is 10.1. The predicted octanol–water partition coefficient (Wildman–Crippen LogP) is 3.61. The Morgan fingerprint density at radius 3 is 2.87 bits per heavy atom. The third kappa shape index (κ3) is 6.07. The zero-order valence-corrected chi connectivity index (χ0v) is 20.4. The van der Waals surface area contributed by atoms with Gasteiger partial charge in [-0.05, 0) is 56.7 Å². The summed E-state index contributed by atoms with van der Waals surface area (Å²) in [5, 5.41) is 3.45. The molecule has 2 aromatic rings. The molecule has 1 unspecified atom stereocenters. The molecule has 0 spiro atoms. The Morgan fingerprint density at radius 2 is 2.13 bits per heavy atom. The van der Waals surface area contributed by atoms with E-state index in [-0.39, 0.29) is 24.0 Å². The number of nitrogens with one attached hydrogen (secondary N) is 2. The van der Waals surface area contributed by atoms with Crippen LogP contribution >= 0.6 is 24.0 Å². The quantitative estimate of drug-likeness (QED) is 0.353. The molecular formula is C22H34IN5O2. The summed E-state index contributed by atoms with van der Waals surface area (Å²) < 4.78 is 11.9. The van der Waals surface area contributed by atoms with Crippen LogP contribution < -0.4 is 5.32 Å². The minimum atomic E-state index is 0. The molecule has 1 aromatic carbocycles. The number of H-pyrrole nitrogens is 1. The standard InChI is InChI=1S/C22H33N5O2.HI/c1-16-6-7-19-20(13-16)26-21(25-19)14-24-22(23-2)27-10-8-17(9-11-27)29-15-18-5-3-4-12-28-18;/h6-7,13,17-18H,3-5,8-12,14-15H2,1-2H3,(H,23,24)(H,25,26);1H. The van der Waals surface area contributed by atoms with Gasteiger partial charge in [-0.25, -0.2) is 4.98 Å². The van der Waals surface area contributed by atoms with Gasteiger partial charge in [0.2, 0.25) is 0 Å². The van der Waals surface area contributed by atoms with Crippen LogP contribution in [0.1, 0.15) is 43.5 Å².